The molecule has 0 fully saturated rings. The van der Waals surface area contributed by atoms with Crippen LogP contribution in [0.15, 0.2) is 42.5 Å². The van der Waals surface area contributed by atoms with Crippen LogP contribution in [0.3, 0.4) is 0 Å². The number of rotatable bonds is 2. The standard InChI is InChI=1S/C14H11ClFN3/c15-10-4-5-13-12(7-10)18-14(17)19(13)8-9-2-1-3-11(16)6-9/h1-7H,8H2,(H2,17,18). The fourth-order valence-electron chi connectivity index (χ4n) is 2.11. The lowest BCUT2D eigenvalue weighted by atomic mass is 10.2. The number of anilines is 1. The maximum Gasteiger partial charge on any atom is 0.201 e. The van der Waals surface area contributed by atoms with Gasteiger partial charge >= 0.3 is 0 Å². The third-order valence-corrected chi connectivity index (χ3v) is 3.20. The van der Waals surface area contributed by atoms with Gasteiger partial charge in [0.25, 0.3) is 0 Å². The van der Waals surface area contributed by atoms with Crippen molar-refractivity contribution < 1.29 is 4.39 Å². The number of imidazole rings is 1. The molecule has 3 rings (SSSR count). The molecular weight excluding hydrogens is 265 g/mol. The van der Waals surface area contributed by atoms with E-state index < -0.39 is 0 Å². The molecule has 3 nitrogen and oxygen atoms in total. The Kier molecular flexibility index (Phi) is 2.87. The molecule has 0 atom stereocenters. The highest BCUT2D eigenvalue weighted by atomic mass is 35.5. The summed E-state index contributed by atoms with van der Waals surface area (Å²) in [5.41, 5.74) is 8.36. The molecular formula is C14H11ClFN3. The second kappa shape index (κ2) is 4.55. The molecule has 1 aromatic heterocycles. The van der Waals surface area contributed by atoms with E-state index in [-0.39, 0.29) is 5.82 Å². The number of hydrogen-bond donors (Lipinski definition) is 1. The van der Waals surface area contributed by atoms with E-state index in [4.69, 9.17) is 17.3 Å². The van der Waals surface area contributed by atoms with Crippen molar-refractivity contribution >= 4 is 28.6 Å². The lowest BCUT2D eigenvalue weighted by molar-refractivity contribution is 0.624. The molecule has 1 heterocycles. The molecule has 0 spiro atoms. The topological polar surface area (TPSA) is 43.8 Å². The van der Waals surface area contributed by atoms with E-state index >= 15 is 0 Å². The average Bonchev–Trinajstić information content (AvgIpc) is 2.65. The van der Waals surface area contributed by atoms with E-state index in [2.05, 4.69) is 4.98 Å². The zero-order valence-electron chi connectivity index (χ0n) is 9.98. The third kappa shape index (κ3) is 2.27. The number of nitrogen functional groups attached to an aromatic ring is 1. The molecule has 96 valence electrons. The van der Waals surface area contributed by atoms with Crippen LogP contribution in [0.5, 0.6) is 0 Å². The van der Waals surface area contributed by atoms with E-state index in [0.29, 0.717) is 17.5 Å². The van der Waals surface area contributed by atoms with Gasteiger partial charge in [-0.1, -0.05) is 23.7 Å². The van der Waals surface area contributed by atoms with Crippen LogP contribution < -0.4 is 5.73 Å². The smallest absolute Gasteiger partial charge is 0.201 e. The summed E-state index contributed by atoms with van der Waals surface area (Å²) in [5, 5.41) is 0.614. The first-order valence-electron chi connectivity index (χ1n) is 5.79. The molecule has 2 aromatic carbocycles. The SMILES string of the molecule is Nc1nc2cc(Cl)ccc2n1Cc1cccc(F)c1. The average molecular weight is 276 g/mol. The van der Waals surface area contributed by atoms with Crippen LogP contribution in [-0.2, 0) is 6.54 Å². The van der Waals surface area contributed by atoms with E-state index in [9.17, 15) is 4.39 Å². The highest BCUT2D eigenvalue weighted by Gasteiger charge is 2.09. The lowest BCUT2D eigenvalue weighted by Crippen LogP contribution is -2.04. The van der Waals surface area contributed by atoms with Crippen LogP contribution in [-0.4, -0.2) is 9.55 Å². The van der Waals surface area contributed by atoms with Gasteiger partial charge in [0.05, 0.1) is 17.6 Å². The van der Waals surface area contributed by atoms with Crippen LogP contribution >= 0.6 is 11.6 Å². The van der Waals surface area contributed by atoms with Gasteiger partial charge < -0.3 is 10.3 Å². The van der Waals surface area contributed by atoms with Gasteiger partial charge in [-0.3, -0.25) is 0 Å². The maximum atomic E-state index is 13.2. The Morgan fingerprint density at radius 1 is 1.21 bits per heavy atom. The minimum atomic E-state index is -0.261. The predicted octanol–water partition coefficient (Wildman–Crippen LogP) is 3.46. The lowest BCUT2D eigenvalue weighted by Gasteiger charge is -2.06. The fourth-order valence-corrected chi connectivity index (χ4v) is 2.27. The quantitative estimate of drug-likeness (QED) is 0.778. The number of halogens is 2. The third-order valence-electron chi connectivity index (χ3n) is 2.97. The highest BCUT2D eigenvalue weighted by molar-refractivity contribution is 6.31. The van der Waals surface area contributed by atoms with Crippen molar-refractivity contribution in [3.8, 4) is 0 Å². The van der Waals surface area contributed by atoms with Crippen molar-refractivity contribution in [2.45, 2.75) is 6.54 Å². The summed E-state index contributed by atoms with van der Waals surface area (Å²) in [7, 11) is 0. The van der Waals surface area contributed by atoms with E-state index in [1.807, 2.05) is 16.7 Å². The minimum Gasteiger partial charge on any atom is -0.369 e. The number of nitrogens with two attached hydrogens (primary N) is 1. The number of benzene rings is 2. The van der Waals surface area contributed by atoms with E-state index in [1.54, 1.807) is 18.2 Å². The van der Waals surface area contributed by atoms with Gasteiger partial charge in [-0.25, -0.2) is 9.37 Å². The number of aromatic nitrogens is 2. The van der Waals surface area contributed by atoms with Crippen LogP contribution in [0.25, 0.3) is 11.0 Å². The Hall–Kier alpha value is -2.07. The summed E-state index contributed by atoms with van der Waals surface area (Å²) in [5.74, 6) is 0.130. The second-order valence-electron chi connectivity index (χ2n) is 4.32. The van der Waals surface area contributed by atoms with E-state index in [1.165, 1.54) is 12.1 Å². The van der Waals surface area contributed by atoms with Gasteiger partial charge in [-0.2, -0.15) is 0 Å². The Bertz CT molecular complexity index is 752. The number of hydrogen-bond acceptors (Lipinski definition) is 2. The highest BCUT2D eigenvalue weighted by Crippen LogP contribution is 2.22. The van der Waals surface area contributed by atoms with Gasteiger partial charge in [0.1, 0.15) is 5.82 Å². The van der Waals surface area contributed by atoms with Crippen LogP contribution in [0.1, 0.15) is 5.56 Å². The second-order valence-corrected chi connectivity index (χ2v) is 4.76. The molecule has 0 bridgehead atoms. The van der Waals surface area contributed by atoms with Crippen molar-refractivity contribution in [2.75, 3.05) is 5.73 Å². The monoisotopic (exact) mass is 275 g/mol. The molecule has 3 aromatic rings. The molecule has 0 aliphatic carbocycles. The molecule has 0 amide bonds. The summed E-state index contributed by atoms with van der Waals surface area (Å²) in [6.07, 6.45) is 0. The molecule has 0 unspecified atom stereocenters. The molecule has 0 aliphatic heterocycles. The van der Waals surface area contributed by atoms with Crippen LogP contribution in [0.4, 0.5) is 10.3 Å². The molecule has 19 heavy (non-hydrogen) atoms. The Morgan fingerprint density at radius 3 is 2.84 bits per heavy atom. The van der Waals surface area contributed by atoms with Crippen molar-refractivity contribution in [1.29, 1.82) is 0 Å². The first-order valence-corrected chi connectivity index (χ1v) is 6.17. The molecule has 5 heteroatoms. The van der Waals surface area contributed by atoms with Crippen molar-refractivity contribution in [2.24, 2.45) is 0 Å². The Morgan fingerprint density at radius 2 is 2.05 bits per heavy atom. The van der Waals surface area contributed by atoms with E-state index in [0.717, 1.165) is 16.6 Å². The summed E-state index contributed by atoms with van der Waals surface area (Å²) in [6, 6.07) is 11.8. The van der Waals surface area contributed by atoms with Crippen molar-refractivity contribution in [1.82, 2.24) is 9.55 Å². The summed E-state index contributed by atoms with van der Waals surface area (Å²) < 4.78 is 15.0. The van der Waals surface area contributed by atoms with Gasteiger partial charge in [0, 0.05) is 5.02 Å². The normalized spacial score (nSPS) is 11.1. The van der Waals surface area contributed by atoms with Gasteiger partial charge in [-0.15, -0.1) is 0 Å². The first-order chi connectivity index (χ1) is 9.13. The first kappa shape index (κ1) is 12.0. The minimum absolute atomic E-state index is 0.261. The van der Waals surface area contributed by atoms with Crippen LogP contribution in [0, 0.1) is 5.82 Å². The van der Waals surface area contributed by atoms with Crippen LogP contribution in [0.2, 0.25) is 5.02 Å². The molecule has 0 saturated heterocycles. The van der Waals surface area contributed by atoms with Crippen molar-refractivity contribution in [3.63, 3.8) is 0 Å². The maximum absolute atomic E-state index is 13.2. The van der Waals surface area contributed by atoms with Gasteiger partial charge in [0.15, 0.2) is 0 Å². The zero-order valence-corrected chi connectivity index (χ0v) is 10.7. The summed E-state index contributed by atoms with van der Waals surface area (Å²) in [6.45, 7) is 0.474. The summed E-state index contributed by atoms with van der Waals surface area (Å²) in [4.78, 5) is 4.26. The van der Waals surface area contributed by atoms with Gasteiger partial charge in [0.2, 0.25) is 5.95 Å². The number of fused-ring (bicyclic) bond motifs is 1. The Balaban J connectivity index is 2.07. The molecule has 0 aliphatic rings. The summed E-state index contributed by atoms with van der Waals surface area (Å²) >= 11 is 5.92. The molecule has 0 radical (unpaired) electrons. The van der Waals surface area contributed by atoms with Crippen molar-refractivity contribution in [3.05, 3.63) is 58.9 Å². The largest absolute Gasteiger partial charge is 0.369 e. The van der Waals surface area contributed by atoms with Gasteiger partial charge in [-0.05, 0) is 35.9 Å². The fraction of sp³-hybridized carbons (Fsp3) is 0.0714. The molecule has 2 N–H and O–H groups in total. The predicted molar refractivity (Wildman–Crippen MR) is 74.7 cm³/mol. The Labute approximate surface area is 114 Å². The number of nitrogens with zero attached hydrogens (tertiary/aromatic N) is 2. The zero-order chi connectivity index (χ0) is 13.4. The molecule has 0 saturated carbocycles.